The van der Waals surface area contributed by atoms with Gasteiger partial charge < -0.3 is 9.80 Å². The summed E-state index contributed by atoms with van der Waals surface area (Å²) in [6, 6.07) is 17.3. The Balaban J connectivity index is 1.23. The van der Waals surface area contributed by atoms with Gasteiger partial charge in [-0.3, -0.25) is 14.2 Å². The van der Waals surface area contributed by atoms with Crippen LogP contribution in [0.25, 0.3) is 16.7 Å². The largest absolute Gasteiger partial charge is 0.367 e. The molecule has 2 aromatic carbocycles. The van der Waals surface area contributed by atoms with Crippen molar-refractivity contribution < 1.29 is 4.79 Å². The van der Waals surface area contributed by atoms with Crippen LogP contribution in [-0.2, 0) is 11.3 Å². The maximum absolute atomic E-state index is 12.9. The number of aryl methyl sites for hydroxylation is 1. The number of nitrogens with zero attached hydrogens (tertiary/aromatic N) is 6. The van der Waals surface area contributed by atoms with Crippen molar-refractivity contribution in [2.45, 2.75) is 13.0 Å². The quantitative estimate of drug-likeness (QED) is 0.455. The molecular formula is C24H23ClN6O2. The molecule has 168 valence electrons. The van der Waals surface area contributed by atoms with Gasteiger partial charge in [-0.1, -0.05) is 41.9 Å². The van der Waals surface area contributed by atoms with Crippen LogP contribution in [0.5, 0.6) is 0 Å². The van der Waals surface area contributed by atoms with Crippen LogP contribution in [0.2, 0.25) is 5.02 Å². The van der Waals surface area contributed by atoms with Gasteiger partial charge in [-0.25, -0.2) is 9.67 Å². The Hall–Kier alpha value is -3.65. The third-order valence-electron chi connectivity index (χ3n) is 5.95. The highest BCUT2D eigenvalue weighted by molar-refractivity contribution is 6.33. The molecule has 3 heterocycles. The van der Waals surface area contributed by atoms with Crippen molar-refractivity contribution in [3.8, 4) is 5.69 Å². The lowest BCUT2D eigenvalue weighted by molar-refractivity contribution is -0.131. The van der Waals surface area contributed by atoms with Crippen molar-refractivity contribution in [3.05, 3.63) is 82.5 Å². The first-order valence-electron chi connectivity index (χ1n) is 10.9. The molecule has 9 heteroatoms. The number of amides is 1. The molecule has 0 aliphatic carbocycles. The minimum Gasteiger partial charge on any atom is -0.367 e. The standard InChI is InChI=1S/C24H23ClN6O2/c25-20-8-4-5-9-21(20)28-12-14-29(15-13-28)22(32)10-11-30-17-26-23-19(24(30)33)16-27-31(23)18-6-2-1-3-7-18/h1-9,16-17H,10-15H2. The second-order valence-corrected chi connectivity index (χ2v) is 8.35. The van der Waals surface area contributed by atoms with Gasteiger partial charge in [0, 0.05) is 39.1 Å². The first-order valence-corrected chi connectivity index (χ1v) is 11.3. The predicted octanol–water partition coefficient (Wildman–Crippen LogP) is 2.97. The van der Waals surface area contributed by atoms with Crippen molar-refractivity contribution in [1.82, 2.24) is 24.2 Å². The van der Waals surface area contributed by atoms with Crippen molar-refractivity contribution in [1.29, 1.82) is 0 Å². The van der Waals surface area contributed by atoms with Gasteiger partial charge >= 0.3 is 0 Å². The van der Waals surface area contributed by atoms with Crippen molar-refractivity contribution in [2.24, 2.45) is 0 Å². The fourth-order valence-corrected chi connectivity index (χ4v) is 4.40. The third kappa shape index (κ3) is 4.21. The number of benzene rings is 2. The van der Waals surface area contributed by atoms with Gasteiger partial charge in [0.05, 0.1) is 28.9 Å². The Morgan fingerprint density at radius 1 is 0.970 bits per heavy atom. The molecule has 1 fully saturated rings. The maximum atomic E-state index is 12.9. The normalized spacial score (nSPS) is 14.1. The number of hydrogen-bond donors (Lipinski definition) is 0. The number of para-hydroxylation sites is 2. The van der Waals surface area contributed by atoms with Gasteiger partial charge in [-0.2, -0.15) is 5.10 Å². The maximum Gasteiger partial charge on any atom is 0.264 e. The number of fused-ring (bicyclic) bond motifs is 1. The summed E-state index contributed by atoms with van der Waals surface area (Å²) >= 11 is 6.30. The number of halogens is 1. The molecule has 0 radical (unpaired) electrons. The van der Waals surface area contributed by atoms with E-state index in [1.165, 1.54) is 17.1 Å². The van der Waals surface area contributed by atoms with Gasteiger partial charge in [-0.15, -0.1) is 0 Å². The molecule has 1 saturated heterocycles. The molecule has 0 N–H and O–H groups in total. The van der Waals surface area contributed by atoms with Crippen LogP contribution in [-0.4, -0.2) is 56.3 Å². The van der Waals surface area contributed by atoms with Crippen molar-refractivity contribution >= 4 is 34.2 Å². The van der Waals surface area contributed by atoms with Gasteiger partial charge in [0.25, 0.3) is 5.56 Å². The molecule has 1 amide bonds. The highest BCUT2D eigenvalue weighted by Gasteiger charge is 2.22. The zero-order valence-corrected chi connectivity index (χ0v) is 18.7. The summed E-state index contributed by atoms with van der Waals surface area (Å²) < 4.78 is 3.13. The van der Waals surface area contributed by atoms with Crippen molar-refractivity contribution in [2.75, 3.05) is 31.1 Å². The van der Waals surface area contributed by atoms with E-state index in [0.717, 1.165) is 29.5 Å². The van der Waals surface area contributed by atoms with E-state index in [1.54, 1.807) is 4.68 Å². The molecule has 0 spiro atoms. The average Bonchev–Trinajstić information content (AvgIpc) is 3.29. The van der Waals surface area contributed by atoms with Crippen LogP contribution in [0.1, 0.15) is 6.42 Å². The monoisotopic (exact) mass is 462 g/mol. The first kappa shape index (κ1) is 21.2. The van der Waals surface area contributed by atoms with E-state index in [4.69, 9.17) is 11.6 Å². The van der Waals surface area contributed by atoms with E-state index in [1.807, 2.05) is 59.5 Å². The van der Waals surface area contributed by atoms with Gasteiger partial charge in [0.15, 0.2) is 5.65 Å². The Morgan fingerprint density at radius 2 is 1.70 bits per heavy atom. The van der Waals surface area contributed by atoms with Crippen LogP contribution in [0.4, 0.5) is 5.69 Å². The fraction of sp³-hybridized carbons (Fsp3) is 0.250. The second-order valence-electron chi connectivity index (χ2n) is 7.94. The Bertz CT molecular complexity index is 1340. The fourth-order valence-electron chi connectivity index (χ4n) is 4.15. The van der Waals surface area contributed by atoms with E-state index in [9.17, 15) is 9.59 Å². The highest BCUT2D eigenvalue weighted by Crippen LogP contribution is 2.26. The molecule has 0 unspecified atom stereocenters. The van der Waals surface area contributed by atoms with E-state index in [0.29, 0.717) is 24.1 Å². The summed E-state index contributed by atoms with van der Waals surface area (Å²) in [5, 5.41) is 5.48. The number of aromatic nitrogens is 4. The van der Waals surface area contributed by atoms with Gasteiger partial charge in [0.2, 0.25) is 5.91 Å². The SMILES string of the molecule is O=C(CCn1cnc2c(cnn2-c2ccccc2)c1=O)N1CCN(c2ccccc2Cl)CC1. The van der Waals surface area contributed by atoms with E-state index < -0.39 is 0 Å². The summed E-state index contributed by atoms with van der Waals surface area (Å²) in [6.07, 6.45) is 3.27. The second kappa shape index (κ2) is 9.07. The number of hydrogen-bond acceptors (Lipinski definition) is 5. The molecule has 4 aromatic rings. The lowest BCUT2D eigenvalue weighted by atomic mass is 10.2. The number of carbonyl (C=O) groups excluding carboxylic acids is 1. The van der Waals surface area contributed by atoms with Gasteiger partial charge in [0.1, 0.15) is 5.39 Å². The van der Waals surface area contributed by atoms with Crippen LogP contribution in [0.15, 0.2) is 71.9 Å². The average molecular weight is 463 g/mol. The molecule has 2 aromatic heterocycles. The smallest absolute Gasteiger partial charge is 0.264 e. The van der Waals surface area contributed by atoms with Crippen LogP contribution < -0.4 is 10.5 Å². The molecule has 0 saturated carbocycles. The summed E-state index contributed by atoms with van der Waals surface area (Å²) in [4.78, 5) is 34.2. The molecule has 8 nitrogen and oxygen atoms in total. The predicted molar refractivity (Wildman–Crippen MR) is 128 cm³/mol. The Morgan fingerprint density at radius 3 is 2.45 bits per heavy atom. The highest BCUT2D eigenvalue weighted by atomic mass is 35.5. The van der Waals surface area contributed by atoms with E-state index >= 15 is 0 Å². The lowest BCUT2D eigenvalue weighted by Gasteiger charge is -2.36. The third-order valence-corrected chi connectivity index (χ3v) is 6.27. The molecule has 1 aliphatic heterocycles. The van der Waals surface area contributed by atoms with Crippen LogP contribution in [0, 0.1) is 0 Å². The lowest BCUT2D eigenvalue weighted by Crippen LogP contribution is -2.49. The Labute approximate surface area is 195 Å². The van der Waals surface area contributed by atoms with Crippen LogP contribution >= 0.6 is 11.6 Å². The molecular weight excluding hydrogens is 440 g/mol. The summed E-state index contributed by atoms with van der Waals surface area (Å²) in [5.41, 5.74) is 2.14. The van der Waals surface area contributed by atoms with Crippen molar-refractivity contribution in [3.63, 3.8) is 0 Å². The van der Waals surface area contributed by atoms with E-state index in [-0.39, 0.29) is 24.4 Å². The Kier molecular flexibility index (Phi) is 5.83. The topological polar surface area (TPSA) is 76.3 Å². The molecule has 1 aliphatic rings. The van der Waals surface area contributed by atoms with E-state index in [2.05, 4.69) is 15.0 Å². The number of rotatable bonds is 5. The first-order chi connectivity index (χ1) is 16.1. The molecule has 0 bridgehead atoms. The number of anilines is 1. The molecule has 33 heavy (non-hydrogen) atoms. The minimum atomic E-state index is -0.196. The number of piperazine rings is 1. The molecule has 5 rings (SSSR count). The zero-order valence-electron chi connectivity index (χ0n) is 18.0. The van der Waals surface area contributed by atoms with Gasteiger partial charge in [-0.05, 0) is 24.3 Å². The zero-order chi connectivity index (χ0) is 22.8. The van der Waals surface area contributed by atoms with Crippen LogP contribution in [0.3, 0.4) is 0 Å². The number of carbonyl (C=O) groups is 1. The summed E-state index contributed by atoms with van der Waals surface area (Å²) in [6.45, 7) is 2.98. The minimum absolute atomic E-state index is 0.0285. The summed E-state index contributed by atoms with van der Waals surface area (Å²) in [5.74, 6) is 0.0285. The summed E-state index contributed by atoms with van der Waals surface area (Å²) in [7, 11) is 0. The molecule has 0 atom stereocenters.